The Hall–Kier alpha value is -1.40. The SMILES string of the molecule is O=[N+]([O-])c1cnc(N2CCC[C@H](O)C2)c(Cl)c1. The molecule has 0 radical (unpaired) electrons. The number of nitrogens with zero attached hydrogens (tertiary/aromatic N) is 3. The number of aliphatic hydroxyl groups excluding tert-OH is 1. The van der Waals surface area contributed by atoms with Crippen molar-refractivity contribution in [2.24, 2.45) is 0 Å². The second-order valence-corrected chi connectivity index (χ2v) is 4.41. The second kappa shape index (κ2) is 4.85. The van der Waals surface area contributed by atoms with E-state index in [9.17, 15) is 15.2 Å². The van der Waals surface area contributed by atoms with E-state index in [1.807, 2.05) is 4.90 Å². The summed E-state index contributed by atoms with van der Waals surface area (Å²) in [6.45, 7) is 1.21. The van der Waals surface area contributed by atoms with Crippen molar-refractivity contribution in [1.82, 2.24) is 4.98 Å². The lowest BCUT2D eigenvalue weighted by molar-refractivity contribution is -0.385. The van der Waals surface area contributed by atoms with Crippen molar-refractivity contribution in [2.45, 2.75) is 18.9 Å². The van der Waals surface area contributed by atoms with Gasteiger partial charge in [0.1, 0.15) is 12.0 Å². The van der Waals surface area contributed by atoms with Gasteiger partial charge in [0.25, 0.3) is 5.69 Å². The maximum absolute atomic E-state index is 10.5. The highest BCUT2D eigenvalue weighted by atomic mass is 35.5. The van der Waals surface area contributed by atoms with Gasteiger partial charge in [0.15, 0.2) is 0 Å². The molecule has 1 fully saturated rings. The Labute approximate surface area is 103 Å². The van der Waals surface area contributed by atoms with E-state index < -0.39 is 11.0 Å². The third kappa shape index (κ3) is 2.65. The van der Waals surface area contributed by atoms with Gasteiger partial charge in [-0.05, 0) is 12.8 Å². The van der Waals surface area contributed by atoms with Gasteiger partial charge >= 0.3 is 0 Å². The van der Waals surface area contributed by atoms with Crippen LogP contribution in [0.25, 0.3) is 0 Å². The Morgan fingerprint density at radius 2 is 2.41 bits per heavy atom. The number of hydrogen-bond acceptors (Lipinski definition) is 5. The monoisotopic (exact) mass is 257 g/mol. The van der Waals surface area contributed by atoms with Crippen LogP contribution in [0.4, 0.5) is 11.5 Å². The summed E-state index contributed by atoms with van der Waals surface area (Å²) in [7, 11) is 0. The fraction of sp³-hybridized carbons (Fsp3) is 0.500. The predicted molar refractivity (Wildman–Crippen MR) is 63.4 cm³/mol. The van der Waals surface area contributed by atoms with Crippen molar-refractivity contribution in [1.29, 1.82) is 0 Å². The van der Waals surface area contributed by atoms with Crippen molar-refractivity contribution < 1.29 is 10.0 Å². The summed E-state index contributed by atoms with van der Waals surface area (Å²) in [5, 5.41) is 20.3. The molecule has 0 amide bonds. The number of aromatic nitrogens is 1. The van der Waals surface area contributed by atoms with Crippen LogP contribution in [0.15, 0.2) is 12.3 Å². The number of nitro groups is 1. The number of piperidine rings is 1. The van der Waals surface area contributed by atoms with Crippen molar-refractivity contribution in [2.75, 3.05) is 18.0 Å². The zero-order chi connectivity index (χ0) is 12.4. The summed E-state index contributed by atoms with van der Waals surface area (Å²) >= 11 is 5.96. The summed E-state index contributed by atoms with van der Waals surface area (Å²) in [5.74, 6) is 0.496. The molecule has 0 spiro atoms. The first-order valence-electron chi connectivity index (χ1n) is 5.31. The molecule has 0 bridgehead atoms. The van der Waals surface area contributed by atoms with E-state index in [0.29, 0.717) is 12.4 Å². The van der Waals surface area contributed by atoms with Gasteiger partial charge in [0, 0.05) is 19.2 Å². The maximum atomic E-state index is 10.5. The molecule has 0 saturated carbocycles. The zero-order valence-corrected chi connectivity index (χ0v) is 9.80. The van der Waals surface area contributed by atoms with Gasteiger partial charge in [-0.25, -0.2) is 4.98 Å². The number of hydrogen-bond donors (Lipinski definition) is 1. The number of β-amino-alcohol motifs (C(OH)–C–C–N with tert-alkyl or cyclic N) is 1. The first kappa shape index (κ1) is 12.1. The average Bonchev–Trinajstić information content (AvgIpc) is 2.28. The van der Waals surface area contributed by atoms with E-state index >= 15 is 0 Å². The molecule has 1 aromatic rings. The smallest absolute Gasteiger partial charge is 0.289 e. The van der Waals surface area contributed by atoms with E-state index in [1.165, 1.54) is 12.3 Å². The molecule has 0 aliphatic carbocycles. The van der Waals surface area contributed by atoms with Crippen LogP contribution in [0.1, 0.15) is 12.8 Å². The standard InChI is InChI=1S/C10H12ClN3O3/c11-9-4-7(14(16)17)5-12-10(9)13-3-1-2-8(15)6-13/h4-5,8,15H,1-3,6H2/t8-/m0/s1. The third-order valence-electron chi connectivity index (χ3n) is 2.71. The van der Waals surface area contributed by atoms with E-state index in [-0.39, 0.29) is 10.7 Å². The summed E-state index contributed by atoms with van der Waals surface area (Å²) in [4.78, 5) is 15.9. The molecule has 0 aromatic carbocycles. The average molecular weight is 258 g/mol. The third-order valence-corrected chi connectivity index (χ3v) is 2.99. The molecule has 6 nitrogen and oxygen atoms in total. The molecule has 1 saturated heterocycles. The normalized spacial score (nSPS) is 20.4. The lowest BCUT2D eigenvalue weighted by Crippen LogP contribution is -2.38. The molecule has 0 unspecified atom stereocenters. The lowest BCUT2D eigenvalue weighted by Gasteiger charge is -2.31. The van der Waals surface area contributed by atoms with Crippen LogP contribution in [0.3, 0.4) is 0 Å². The van der Waals surface area contributed by atoms with Gasteiger partial charge < -0.3 is 10.0 Å². The fourth-order valence-electron chi connectivity index (χ4n) is 1.90. The van der Waals surface area contributed by atoms with Gasteiger partial charge in [-0.1, -0.05) is 11.6 Å². The minimum absolute atomic E-state index is 0.128. The van der Waals surface area contributed by atoms with Crippen molar-refractivity contribution in [3.63, 3.8) is 0 Å². The molecule has 1 atom stereocenters. The molecule has 92 valence electrons. The predicted octanol–water partition coefficient (Wildman–Crippen LogP) is 1.60. The van der Waals surface area contributed by atoms with Crippen LogP contribution in [0, 0.1) is 10.1 Å². The lowest BCUT2D eigenvalue weighted by atomic mass is 10.1. The largest absolute Gasteiger partial charge is 0.391 e. The minimum atomic E-state index is -0.534. The van der Waals surface area contributed by atoms with Gasteiger partial charge in [-0.15, -0.1) is 0 Å². The molecule has 7 heteroatoms. The van der Waals surface area contributed by atoms with E-state index in [2.05, 4.69) is 4.98 Å². The van der Waals surface area contributed by atoms with Crippen molar-refractivity contribution in [3.05, 3.63) is 27.4 Å². The minimum Gasteiger partial charge on any atom is -0.391 e. The summed E-state index contributed by atoms with van der Waals surface area (Å²) in [5.41, 5.74) is -0.128. The van der Waals surface area contributed by atoms with Crippen molar-refractivity contribution >= 4 is 23.1 Å². The molecule has 1 N–H and O–H groups in total. The Morgan fingerprint density at radius 1 is 1.65 bits per heavy atom. The van der Waals surface area contributed by atoms with Gasteiger partial charge in [-0.2, -0.15) is 0 Å². The molecule has 1 aliphatic rings. The maximum Gasteiger partial charge on any atom is 0.289 e. The molecular weight excluding hydrogens is 246 g/mol. The number of aliphatic hydroxyl groups is 1. The van der Waals surface area contributed by atoms with Crippen LogP contribution in [-0.2, 0) is 0 Å². The van der Waals surface area contributed by atoms with E-state index in [4.69, 9.17) is 11.6 Å². The Kier molecular flexibility index (Phi) is 3.44. The van der Waals surface area contributed by atoms with Crippen LogP contribution < -0.4 is 4.90 Å². The summed E-state index contributed by atoms with van der Waals surface area (Å²) < 4.78 is 0. The molecule has 2 rings (SSSR count). The Bertz CT molecular complexity index is 441. The van der Waals surface area contributed by atoms with Crippen LogP contribution in [-0.4, -0.2) is 34.2 Å². The fourth-order valence-corrected chi connectivity index (χ4v) is 2.18. The first-order chi connectivity index (χ1) is 8.08. The Balaban J connectivity index is 2.23. The summed E-state index contributed by atoms with van der Waals surface area (Å²) in [6.07, 6.45) is 2.41. The van der Waals surface area contributed by atoms with Crippen LogP contribution in [0.5, 0.6) is 0 Å². The van der Waals surface area contributed by atoms with Gasteiger partial charge in [0.2, 0.25) is 0 Å². The van der Waals surface area contributed by atoms with Crippen molar-refractivity contribution in [3.8, 4) is 0 Å². The topological polar surface area (TPSA) is 79.5 Å². The zero-order valence-electron chi connectivity index (χ0n) is 9.04. The van der Waals surface area contributed by atoms with Gasteiger partial charge in [-0.3, -0.25) is 10.1 Å². The number of anilines is 1. The van der Waals surface area contributed by atoms with E-state index in [1.54, 1.807) is 0 Å². The van der Waals surface area contributed by atoms with Crippen LogP contribution >= 0.6 is 11.6 Å². The number of rotatable bonds is 2. The quantitative estimate of drug-likeness (QED) is 0.643. The van der Waals surface area contributed by atoms with E-state index in [0.717, 1.165) is 19.4 Å². The summed E-state index contributed by atoms with van der Waals surface area (Å²) in [6, 6.07) is 1.28. The van der Waals surface area contributed by atoms with Crippen LogP contribution in [0.2, 0.25) is 5.02 Å². The number of halogens is 1. The highest BCUT2D eigenvalue weighted by Crippen LogP contribution is 2.28. The highest BCUT2D eigenvalue weighted by molar-refractivity contribution is 6.33. The molecule has 2 heterocycles. The second-order valence-electron chi connectivity index (χ2n) is 4.00. The molecule has 1 aromatic heterocycles. The molecular formula is C10H12ClN3O3. The molecule has 1 aliphatic heterocycles. The van der Waals surface area contributed by atoms with Gasteiger partial charge in [0.05, 0.1) is 16.0 Å². The number of pyridine rings is 1. The Morgan fingerprint density at radius 3 is 3.00 bits per heavy atom. The highest BCUT2D eigenvalue weighted by Gasteiger charge is 2.22. The molecule has 17 heavy (non-hydrogen) atoms. The first-order valence-corrected chi connectivity index (χ1v) is 5.68.